The first kappa shape index (κ1) is 12.5. The number of hydrogen-bond acceptors (Lipinski definition) is 2. The van der Waals surface area contributed by atoms with Crippen LogP contribution in [-0.2, 0) is 9.59 Å². The molecule has 0 N–H and O–H groups in total. The van der Waals surface area contributed by atoms with Crippen molar-refractivity contribution in [2.24, 2.45) is 0 Å². The smallest absolute Gasteiger partial charge is 0.275 e. The molecule has 14 heavy (non-hydrogen) atoms. The van der Waals surface area contributed by atoms with Gasteiger partial charge >= 0.3 is 23.9 Å². The topological polar surface area (TPSA) is 34.1 Å². The van der Waals surface area contributed by atoms with Crippen molar-refractivity contribution < 1.29 is 35.9 Å². The molecular weight excluding hydrogens is 218 g/mol. The molecule has 0 aliphatic carbocycles. The summed E-state index contributed by atoms with van der Waals surface area (Å²) in [4.78, 5) is 19.8. The number of carbonyl (C=O) groups excluding carboxylic acids is 2. The van der Waals surface area contributed by atoms with Crippen LogP contribution in [0.4, 0.5) is 26.3 Å². The Hall–Kier alpha value is -1.52. The predicted octanol–water partition coefficient (Wildman–Crippen LogP) is 1.25. The lowest BCUT2D eigenvalue weighted by molar-refractivity contribution is -0.165. The van der Waals surface area contributed by atoms with Gasteiger partial charge < -0.3 is 0 Å². The second-order valence-corrected chi connectivity index (χ2v) is 1.90. The fourth-order valence-corrected chi connectivity index (χ4v) is 0.255. The van der Waals surface area contributed by atoms with E-state index in [2.05, 4.69) is 0 Å². The van der Waals surface area contributed by atoms with Crippen LogP contribution < -0.4 is 0 Å². The van der Waals surface area contributed by atoms with E-state index < -0.39 is 23.9 Å². The summed E-state index contributed by atoms with van der Waals surface area (Å²) in [6.45, 7) is 0. The average molecular weight is 218 g/mol. The zero-order chi connectivity index (χ0) is 11.6. The van der Waals surface area contributed by atoms with Gasteiger partial charge in [-0.05, 0) is 11.8 Å². The largest absolute Gasteiger partial charge is 0.462 e. The van der Waals surface area contributed by atoms with Gasteiger partial charge in [0, 0.05) is 0 Å². The SMILES string of the molecule is O=C(C#CC(=O)C(F)(F)F)C(F)(F)F. The molecule has 0 rings (SSSR count). The number of Topliss-reactive ketones (excluding diaryl/α,β-unsaturated/α-hetero) is 2. The molecule has 0 spiro atoms. The van der Waals surface area contributed by atoms with Gasteiger partial charge in [0.25, 0.3) is 0 Å². The highest BCUT2D eigenvalue weighted by Gasteiger charge is 2.39. The summed E-state index contributed by atoms with van der Waals surface area (Å²) in [5.41, 5.74) is 0. The van der Waals surface area contributed by atoms with E-state index in [1.807, 2.05) is 0 Å². The van der Waals surface area contributed by atoms with Crippen molar-refractivity contribution in [1.82, 2.24) is 0 Å². The minimum atomic E-state index is -5.36. The summed E-state index contributed by atoms with van der Waals surface area (Å²) < 4.78 is 68.1. The first-order chi connectivity index (χ1) is 6.05. The summed E-state index contributed by atoms with van der Waals surface area (Å²) in [5, 5.41) is 0. The Morgan fingerprint density at radius 3 is 1.07 bits per heavy atom. The van der Waals surface area contributed by atoms with Crippen LogP contribution in [0.1, 0.15) is 0 Å². The third-order valence-electron chi connectivity index (χ3n) is 0.804. The third kappa shape index (κ3) is 3.93. The second kappa shape index (κ2) is 3.69. The van der Waals surface area contributed by atoms with Crippen molar-refractivity contribution in [3.63, 3.8) is 0 Å². The Labute approximate surface area is 72.9 Å². The Morgan fingerprint density at radius 1 is 0.714 bits per heavy atom. The Balaban J connectivity index is 4.64. The number of ketones is 2. The van der Waals surface area contributed by atoms with Crippen molar-refractivity contribution in [1.29, 1.82) is 0 Å². The quantitative estimate of drug-likeness (QED) is 0.348. The van der Waals surface area contributed by atoms with E-state index in [1.54, 1.807) is 0 Å². The molecular formula is C6F6O2. The monoisotopic (exact) mass is 218 g/mol. The Morgan fingerprint density at radius 2 is 0.929 bits per heavy atom. The van der Waals surface area contributed by atoms with Gasteiger partial charge in [0.15, 0.2) is 0 Å². The molecule has 0 aliphatic heterocycles. The molecule has 0 aromatic rings. The number of carbonyl (C=O) groups is 2. The van der Waals surface area contributed by atoms with Crippen LogP contribution in [0.3, 0.4) is 0 Å². The van der Waals surface area contributed by atoms with Crippen molar-refractivity contribution in [3.8, 4) is 11.8 Å². The summed E-state index contributed by atoms with van der Waals surface area (Å²) in [7, 11) is 0. The molecule has 0 saturated carbocycles. The number of alkyl halides is 6. The average Bonchev–Trinajstić information content (AvgIpc) is 1.95. The molecule has 0 amide bonds. The number of halogens is 6. The van der Waals surface area contributed by atoms with E-state index >= 15 is 0 Å². The molecule has 0 heterocycles. The molecule has 0 unspecified atom stereocenters. The highest BCUT2D eigenvalue weighted by atomic mass is 19.4. The molecule has 2 nitrogen and oxygen atoms in total. The van der Waals surface area contributed by atoms with Gasteiger partial charge in [-0.1, -0.05) is 0 Å². The molecule has 0 aromatic heterocycles. The van der Waals surface area contributed by atoms with Gasteiger partial charge in [-0.2, -0.15) is 26.3 Å². The number of hydrogen-bond donors (Lipinski definition) is 0. The minimum Gasteiger partial charge on any atom is -0.275 e. The van der Waals surface area contributed by atoms with Crippen molar-refractivity contribution in [3.05, 3.63) is 0 Å². The van der Waals surface area contributed by atoms with Crippen LogP contribution in [-0.4, -0.2) is 23.9 Å². The summed E-state index contributed by atoms with van der Waals surface area (Å²) in [6, 6.07) is 0. The maximum Gasteiger partial charge on any atom is 0.462 e. The number of rotatable bonds is 0. The molecule has 0 radical (unpaired) electrons. The standard InChI is InChI=1S/C6F6O2/c7-5(8,9)3(13)1-2-4(14)6(10,11)12. The van der Waals surface area contributed by atoms with Crippen LogP contribution in [0.15, 0.2) is 0 Å². The van der Waals surface area contributed by atoms with Crippen LogP contribution >= 0.6 is 0 Å². The predicted molar refractivity (Wildman–Crippen MR) is 29.9 cm³/mol. The molecule has 0 aromatic carbocycles. The normalized spacial score (nSPS) is 11.6. The molecule has 0 fully saturated rings. The van der Waals surface area contributed by atoms with Crippen LogP contribution in [0.25, 0.3) is 0 Å². The zero-order valence-electron chi connectivity index (χ0n) is 6.08. The van der Waals surface area contributed by atoms with Gasteiger partial charge in [-0.25, -0.2) is 0 Å². The first-order valence-electron chi connectivity index (χ1n) is 2.79. The minimum absolute atomic E-state index is 0.545. The van der Waals surface area contributed by atoms with E-state index in [9.17, 15) is 35.9 Å². The zero-order valence-corrected chi connectivity index (χ0v) is 6.08. The van der Waals surface area contributed by atoms with Crippen molar-refractivity contribution >= 4 is 11.6 Å². The summed E-state index contributed by atoms with van der Waals surface area (Å²) in [6.07, 6.45) is -10.7. The van der Waals surface area contributed by atoms with Gasteiger partial charge in [-0.3, -0.25) is 9.59 Å². The maximum absolute atomic E-state index is 11.4. The molecule has 78 valence electrons. The van der Waals surface area contributed by atoms with Gasteiger partial charge in [0.2, 0.25) is 0 Å². The van der Waals surface area contributed by atoms with E-state index in [0.29, 0.717) is 11.8 Å². The molecule has 0 atom stereocenters. The molecule has 0 bridgehead atoms. The van der Waals surface area contributed by atoms with Gasteiger partial charge in [-0.15, -0.1) is 0 Å². The molecule has 0 aliphatic rings. The van der Waals surface area contributed by atoms with E-state index in [1.165, 1.54) is 0 Å². The lowest BCUT2D eigenvalue weighted by atomic mass is 10.3. The Kier molecular flexibility index (Phi) is 3.29. The van der Waals surface area contributed by atoms with Crippen molar-refractivity contribution in [2.75, 3.05) is 0 Å². The highest BCUT2D eigenvalue weighted by Crippen LogP contribution is 2.16. The highest BCUT2D eigenvalue weighted by molar-refractivity contribution is 6.08. The molecule has 0 saturated heterocycles. The van der Waals surface area contributed by atoms with Gasteiger partial charge in [0.1, 0.15) is 0 Å². The third-order valence-corrected chi connectivity index (χ3v) is 0.804. The lowest BCUT2D eigenvalue weighted by Crippen LogP contribution is -2.23. The van der Waals surface area contributed by atoms with E-state index in [0.717, 1.165) is 0 Å². The second-order valence-electron chi connectivity index (χ2n) is 1.90. The van der Waals surface area contributed by atoms with Crippen LogP contribution in [0.2, 0.25) is 0 Å². The van der Waals surface area contributed by atoms with E-state index in [4.69, 9.17) is 0 Å². The van der Waals surface area contributed by atoms with Crippen molar-refractivity contribution in [2.45, 2.75) is 12.4 Å². The van der Waals surface area contributed by atoms with Crippen LogP contribution in [0, 0.1) is 11.8 Å². The summed E-state index contributed by atoms with van der Waals surface area (Å²) in [5.74, 6) is -4.31. The first-order valence-corrected chi connectivity index (χ1v) is 2.79. The maximum atomic E-state index is 11.4. The Bertz CT molecular complexity index is 282. The lowest BCUT2D eigenvalue weighted by Gasteiger charge is -1.98. The van der Waals surface area contributed by atoms with Crippen LogP contribution in [0.5, 0.6) is 0 Å². The fourth-order valence-electron chi connectivity index (χ4n) is 0.255. The van der Waals surface area contributed by atoms with E-state index in [-0.39, 0.29) is 0 Å². The fraction of sp³-hybridized carbons (Fsp3) is 0.333. The summed E-state index contributed by atoms with van der Waals surface area (Å²) >= 11 is 0. The van der Waals surface area contributed by atoms with Gasteiger partial charge in [0.05, 0.1) is 0 Å². The molecule has 8 heteroatoms.